The Labute approximate surface area is 236 Å². The van der Waals surface area contributed by atoms with Crippen molar-refractivity contribution < 1.29 is 19.4 Å². The van der Waals surface area contributed by atoms with E-state index in [0.29, 0.717) is 18.8 Å². The van der Waals surface area contributed by atoms with Crippen LogP contribution in [0.15, 0.2) is 48.9 Å². The van der Waals surface area contributed by atoms with Crippen molar-refractivity contribution in [3.63, 3.8) is 0 Å². The van der Waals surface area contributed by atoms with E-state index in [9.17, 15) is 9.90 Å². The number of benzene rings is 2. The Balaban J connectivity index is 1.92. The molecule has 0 radical (unpaired) electrons. The minimum absolute atomic E-state index is 0.0245. The van der Waals surface area contributed by atoms with Crippen molar-refractivity contribution in [1.82, 2.24) is 9.97 Å². The SMILES string of the molecule is COc1cc(OC)c(Cl)c(N(CO)C(=O)N(C)c2cc(Nc3ccc(CCN)cc3CC=CN)ncn2)c1Cl. The normalized spacial score (nSPS) is 10.9. The molecule has 1 heterocycles. The molecular weight excluding hydrogens is 545 g/mol. The molecule has 0 aliphatic heterocycles. The van der Waals surface area contributed by atoms with E-state index in [1.807, 2.05) is 18.2 Å². The number of carbonyl (C=O) groups is 1. The molecule has 0 saturated carbocycles. The van der Waals surface area contributed by atoms with Crippen molar-refractivity contribution in [1.29, 1.82) is 0 Å². The number of hydrogen-bond donors (Lipinski definition) is 4. The Morgan fingerprint density at radius 2 is 1.82 bits per heavy atom. The number of nitrogens with zero attached hydrogens (tertiary/aromatic N) is 4. The number of nitrogens with two attached hydrogens (primary N) is 2. The number of hydrogen-bond acceptors (Lipinski definition) is 9. The third-order valence-electron chi connectivity index (χ3n) is 5.82. The second-order valence-electron chi connectivity index (χ2n) is 8.22. The first-order valence-electron chi connectivity index (χ1n) is 11.8. The number of halogens is 2. The number of anilines is 4. The molecule has 3 rings (SSSR count). The number of carbonyl (C=O) groups excluding carboxylic acids is 1. The summed E-state index contributed by atoms with van der Waals surface area (Å²) in [5.74, 6) is 1.13. The van der Waals surface area contributed by atoms with Gasteiger partial charge in [-0.1, -0.05) is 41.4 Å². The topological polar surface area (TPSA) is 152 Å². The number of rotatable bonds is 11. The maximum Gasteiger partial charge on any atom is 0.331 e. The van der Waals surface area contributed by atoms with Gasteiger partial charge in [0.1, 0.15) is 46.2 Å². The van der Waals surface area contributed by atoms with E-state index in [0.717, 1.165) is 28.1 Å². The van der Waals surface area contributed by atoms with Crippen LogP contribution in [-0.2, 0) is 12.8 Å². The van der Waals surface area contributed by atoms with Gasteiger partial charge >= 0.3 is 6.03 Å². The molecule has 0 fully saturated rings. The van der Waals surface area contributed by atoms with Crippen LogP contribution in [0.4, 0.5) is 27.8 Å². The molecule has 1 aromatic heterocycles. The zero-order valence-electron chi connectivity index (χ0n) is 21.8. The molecule has 0 bridgehead atoms. The first-order valence-corrected chi connectivity index (χ1v) is 12.6. The summed E-state index contributed by atoms with van der Waals surface area (Å²) in [7, 11) is 4.32. The quantitative estimate of drug-likeness (QED) is 0.248. The Bertz CT molecular complexity index is 1310. The van der Waals surface area contributed by atoms with Crippen molar-refractivity contribution in [3.05, 3.63) is 70.1 Å². The Morgan fingerprint density at radius 3 is 2.41 bits per heavy atom. The van der Waals surface area contributed by atoms with Gasteiger partial charge in [-0.2, -0.15) is 0 Å². The van der Waals surface area contributed by atoms with Crippen LogP contribution < -0.4 is 36.1 Å². The molecule has 13 heteroatoms. The van der Waals surface area contributed by atoms with Crippen molar-refractivity contribution in [2.45, 2.75) is 12.8 Å². The highest BCUT2D eigenvalue weighted by Crippen LogP contribution is 2.46. The van der Waals surface area contributed by atoms with E-state index in [-0.39, 0.29) is 33.0 Å². The van der Waals surface area contributed by atoms with Gasteiger partial charge in [0.2, 0.25) is 0 Å². The van der Waals surface area contributed by atoms with E-state index in [2.05, 4.69) is 21.4 Å². The smallest absolute Gasteiger partial charge is 0.331 e. The lowest BCUT2D eigenvalue weighted by Gasteiger charge is -2.28. The minimum Gasteiger partial charge on any atom is -0.495 e. The van der Waals surface area contributed by atoms with Crippen molar-refractivity contribution in [3.8, 4) is 11.5 Å². The largest absolute Gasteiger partial charge is 0.495 e. The predicted molar refractivity (Wildman–Crippen MR) is 154 cm³/mol. The monoisotopic (exact) mass is 575 g/mol. The van der Waals surface area contributed by atoms with E-state index < -0.39 is 12.8 Å². The highest BCUT2D eigenvalue weighted by Gasteiger charge is 2.29. The lowest BCUT2D eigenvalue weighted by Crippen LogP contribution is -2.42. The Morgan fingerprint density at radius 1 is 1.13 bits per heavy atom. The summed E-state index contributed by atoms with van der Waals surface area (Å²) in [5.41, 5.74) is 14.2. The summed E-state index contributed by atoms with van der Waals surface area (Å²) in [6.45, 7) is -0.194. The zero-order chi connectivity index (χ0) is 28.5. The van der Waals surface area contributed by atoms with Gasteiger partial charge in [0.15, 0.2) is 0 Å². The number of aromatic nitrogens is 2. The molecule has 0 aliphatic carbocycles. The first-order chi connectivity index (χ1) is 18.8. The number of methoxy groups -OCH3 is 2. The summed E-state index contributed by atoms with van der Waals surface area (Å²) in [5, 5.41) is 13.5. The molecule has 0 unspecified atom stereocenters. The number of allylic oxidation sites excluding steroid dienone is 1. The average Bonchev–Trinajstić information content (AvgIpc) is 2.95. The van der Waals surface area contributed by atoms with Gasteiger partial charge in [-0.25, -0.2) is 14.8 Å². The number of ether oxygens (including phenoxy) is 2. The fourth-order valence-corrected chi connectivity index (χ4v) is 4.51. The fraction of sp³-hybridized carbons (Fsp3) is 0.269. The number of aliphatic hydroxyl groups is 1. The fourth-order valence-electron chi connectivity index (χ4n) is 3.81. The van der Waals surface area contributed by atoms with Crippen LogP contribution in [-0.4, -0.2) is 55.6 Å². The lowest BCUT2D eigenvalue weighted by atomic mass is 10.0. The molecule has 39 heavy (non-hydrogen) atoms. The highest BCUT2D eigenvalue weighted by atomic mass is 35.5. The van der Waals surface area contributed by atoms with Crippen LogP contribution in [0.2, 0.25) is 10.0 Å². The molecule has 0 aliphatic rings. The van der Waals surface area contributed by atoms with E-state index in [1.54, 1.807) is 6.07 Å². The van der Waals surface area contributed by atoms with Crippen LogP contribution in [0.25, 0.3) is 0 Å². The van der Waals surface area contributed by atoms with Gasteiger partial charge in [0, 0.05) is 24.9 Å². The molecule has 0 saturated heterocycles. The molecule has 11 nitrogen and oxygen atoms in total. The number of urea groups is 1. The Kier molecular flexibility index (Phi) is 10.6. The summed E-state index contributed by atoms with van der Waals surface area (Å²) in [6, 6.07) is 8.40. The third kappa shape index (κ3) is 6.82. The third-order valence-corrected chi connectivity index (χ3v) is 6.55. The van der Waals surface area contributed by atoms with Crippen LogP contribution in [0, 0.1) is 0 Å². The molecule has 6 N–H and O–H groups in total. The maximum atomic E-state index is 13.5. The number of aliphatic hydroxyl groups excluding tert-OH is 1. The van der Waals surface area contributed by atoms with Gasteiger partial charge in [-0.05, 0) is 42.8 Å². The first kappa shape index (κ1) is 29.8. The maximum absolute atomic E-state index is 13.5. The molecule has 2 aromatic carbocycles. The van der Waals surface area contributed by atoms with Gasteiger partial charge in [-0.3, -0.25) is 9.80 Å². The van der Waals surface area contributed by atoms with Crippen molar-refractivity contribution in [2.75, 3.05) is 49.7 Å². The second-order valence-corrected chi connectivity index (χ2v) is 8.97. The van der Waals surface area contributed by atoms with E-state index >= 15 is 0 Å². The number of nitrogens with one attached hydrogen (secondary N) is 1. The van der Waals surface area contributed by atoms with E-state index in [4.69, 9.17) is 44.1 Å². The van der Waals surface area contributed by atoms with Crippen LogP contribution in [0.1, 0.15) is 11.1 Å². The van der Waals surface area contributed by atoms with Gasteiger partial charge in [0.25, 0.3) is 0 Å². The van der Waals surface area contributed by atoms with Gasteiger partial charge in [-0.15, -0.1) is 0 Å². The van der Waals surface area contributed by atoms with Crippen LogP contribution in [0.3, 0.4) is 0 Å². The zero-order valence-corrected chi connectivity index (χ0v) is 23.3. The highest BCUT2D eigenvalue weighted by molar-refractivity contribution is 6.42. The molecule has 2 amide bonds. The molecule has 0 atom stereocenters. The minimum atomic E-state index is -0.734. The number of amides is 2. The van der Waals surface area contributed by atoms with Gasteiger partial charge < -0.3 is 31.4 Å². The van der Waals surface area contributed by atoms with Crippen LogP contribution >= 0.6 is 23.2 Å². The summed E-state index contributed by atoms with van der Waals surface area (Å²) < 4.78 is 10.6. The van der Waals surface area contributed by atoms with Crippen molar-refractivity contribution in [2.24, 2.45) is 11.5 Å². The van der Waals surface area contributed by atoms with Crippen LogP contribution in [0.5, 0.6) is 11.5 Å². The Hall–Kier alpha value is -3.77. The molecule has 3 aromatic rings. The summed E-state index contributed by atoms with van der Waals surface area (Å²) in [6.07, 6.45) is 6.01. The van der Waals surface area contributed by atoms with E-state index in [1.165, 1.54) is 44.8 Å². The summed E-state index contributed by atoms with van der Waals surface area (Å²) in [4.78, 5) is 24.2. The summed E-state index contributed by atoms with van der Waals surface area (Å²) >= 11 is 12.9. The van der Waals surface area contributed by atoms with Crippen molar-refractivity contribution >= 4 is 52.2 Å². The molecule has 208 valence electrons. The standard InChI is InChI=1S/C26H31Cl2N7O4/c1-34(26(37)35(15-36)25-23(27)19(38-2)12-20(39-3)24(25)28)22-13-21(31-14-32-22)33-18-7-6-16(8-10-30)11-17(18)5-4-9-29/h4,6-7,9,11-14,36H,5,8,10,15,29-30H2,1-3H3,(H,31,32,33). The average molecular weight is 576 g/mol. The lowest BCUT2D eigenvalue weighted by molar-refractivity contribution is 0.238. The molecular formula is C26H31Cl2N7O4. The van der Waals surface area contributed by atoms with Gasteiger partial charge in [0.05, 0.1) is 19.9 Å². The predicted octanol–water partition coefficient (Wildman–Crippen LogP) is 4.07. The second kappa shape index (κ2) is 13.9. The molecule has 0 spiro atoms.